The van der Waals surface area contributed by atoms with Crippen LogP contribution in [0.5, 0.6) is 0 Å². The molecule has 1 N–H and O–H groups in total. The number of nitrogens with one attached hydrogen (secondary N) is 1. The molecule has 0 saturated heterocycles. The van der Waals surface area contributed by atoms with Gasteiger partial charge in [-0.15, -0.1) is 11.3 Å². The highest BCUT2D eigenvalue weighted by Crippen LogP contribution is 2.21. The van der Waals surface area contributed by atoms with Crippen LogP contribution in [0.1, 0.15) is 17.7 Å². The highest BCUT2D eigenvalue weighted by atomic mass is 79.9. The average Bonchev–Trinajstić information content (AvgIpc) is 2.63. The fourth-order valence-corrected chi connectivity index (χ4v) is 2.58. The number of halogens is 1. The summed E-state index contributed by atoms with van der Waals surface area (Å²) in [4.78, 5) is 12.1. The Hall–Kier alpha value is -0.390. The van der Waals surface area contributed by atoms with E-state index in [1.165, 1.54) is 12.0 Å². The molecule has 0 aliphatic rings. The molecule has 0 amide bonds. The van der Waals surface area contributed by atoms with Crippen molar-refractivity contribution in [2.45, 2.75) is 19.4 Å². The summed E-state index contributed by atoms with van der Waals surface area (Å²) in [6, 6.07) is 2.04. The Morgan fingerprint density at radius 3 is 3.07 bits per heavy atom. The van der Waals surface area contributed by atoms with Crippen LogP contribution in [0.3, 0.4) is 0 Å². The smallest absolute Gasteiger partial charge is 0.305 e. The van der Waals surface area contributed by atoms with Crippen molar-refractivity contribution in [3.05, 3.63) is 20.8 Å². The van der Waals surface area contributed by atoms with Gasteiger partial charge in [0.25, 0.3) is 0 Å². The monoisotopic (exact) mass is 291 g/mol. The Morgan fingerprint density at radius 1 is 1.67 bits per heavy atom. The number of hydrogen-bond donors (Lipinski definition) is 1. The average molecular weight is 292 g/mol. The van der Waals surface area contributed by atoms with Crippen molar-refractivity contribution in [1.82, 2.24) is 5.32 Å². The number of ether oxygens (including phenoxy) is 1. The largest absolute Gasteiger partial charge is 0.469 e. The van der Waals surface area contributed by atoms with Crippen LogP contribution in [-0.4, -0.2) is 19.6 Å². The molecule has 84 valence electrons. The predicted molar refractivity (Wildman–Crippen MR) is 65.0 cm³/mol. The lowest BCUT2D eigenvalue weighted by molar-refractivity contribution is -0.140. The molecule has 0 radical (unpaired) electrons. The Kier molecular flexibility index (Phi) is 5.90. The first kappa shape index (κ1) is 12.7. The molecule has 0 fully saturated rings. The normalized spacial score (nSPS) is 10.3. The van der Waals surface area contributed by atoms with E-state index in [1.54, 1.807) is 11.3 Å². The van der Waals surface area contributed by atoms with Gasteiger partial charge in [-0.25, -0.2) is 0 Å². The first-order valence-electron chi connectivity index (χ1n) is 4.73. The highest BCUT2D eigenvalue weighted by molar-refractivity contribution is 9.10. The quantitative estimate of drug-likeness (QED) is 0.647. The third-order valence-electron chi connectivity index (χ3n) is 1.94. The number of methoxy groups -OCH3 is 1. The van der Waals surface area contributed by atoms with E-state index in [0.29, 0.717) is 6.42 Å². The third-order valence-corrected chi connectivity index (χ3v) is 3.87. The number of carbonyl (C=O) groups excluding carboxylic acids is 1. The van der Waals surface area contributed by atoms with Crippen LogP contribution in [-0.2, 0) is 16.1 Å². The van der Waals surface area contributed by atoms with Gasteiger partial charge in [-0.2, -0.15) is 0 Å². The van der Waals surface area contributed by atoms with Crippen LogP contribution in [0.25, 0.3) is 0 Å². The van der Waals surface area contributed by atoms with Crippen molar-refractivity contribution in [2.24, 2.45) is 0 Å². The number of carbonyl (C=O) groups is 1. The third kappa shape index (κ3) is 4.77. The molecule has 0 unspecified atom stereocenters. The van der Waals surface area contributed by atoms with Gasteiger partial charge in [0.1, 0.15) is 0 Å². The molecule has 0 bridgehead atoms. The van der Waals surface area contributed by atoms with Crippen molar-refractivity contribution in [3.63, 3.8) is 0 Å². The molecule has 0 spiro atoms. The zero-order valence-electron chi connectivity index (χ0n) is 8.59. The fraction of sp³-hybridized carbons (Fsp3) is 0.500. The standard InChI is InChI=1S/C10H14BrNO2S/c1-14-10(13)3-2-5-12-7-9-8(11)4-6-15-9/h4,6,12H,2-3,5,7H2,1H3. The second-order valence-electron chi connectivity index (χ2n) is 3.05. The van der Waals surface area contributed by atoms with Gasteiger partial charge in [0, 0.05) is 22.3 Å². The van der Waals surface area contributed by atoms with E-state index in [2.05, 4.69) is 31.4 Å². The summed E-state index contributed by atoms with van der Waals surface area (Å²) in [5.41, 5.74) is 0. The van der Waals surface area contributed by atoms with Gasteiger partial charge in [-0.3, -0.25) is 4.79 Å². The van der Waals surface area contributed by atoms with Gasteiger partial charge in [0.2, 0.25) is 0 Å². The minimum atomic E-state index is -0.144. The predicted octanol–water partition coefficient (Wildman–Crippen LogP) is 2.55. The van der Waals surface area contributed by atoms with Crippen LogP contribution in [0.4, 0.5) is 0 Å². The maximum atomic E-state index is 10.8. The molecule has 15 heavy (non-hydrogen) atoms. The summed E-state index contributed by atoms with van der Waals surface area (Å²) in [7, 11) is 1.42. The molecule has 0 aliphatic heterocycles. The van der Waals surface area contributed by atoms with E-state index >= 15 is 0 Å². The Labute approximate surface area is 102 Å². The summed E-state index contributed by atoms with van der Waals surface area (Å²) in [5.74, 6) is -0.144. The first-order valence-corrected chi connectivity index (χ1v) is 6.40. The lowest BCUT2D eigenvalue weighted by Crippen LogP contribution is -2.15. The molecular weight excluding hydrogens is 278 g/mol. The molecule has 0 aliphatic carbocycles. The summed E-state index contributed by atoms with van der Waals surface area (Å²) < 4.78 is 5.70. The Bertz CT molecular complexity index is 314. The minimum absolute atomic E-state index is 0.144. The van der Waals surface area contributed by atoms with E-state index in [9.17, 15) is 4.79 Å². The lowest BCUT2D eigenvalue weighted by Gasteiger charge is -2.02. The summed E-state index contributed by atoms with van der Waals surface area (Å²) in [6.45, 7) is 1.68. The van der Waals surface area contributed by atoms with Crippen LogP contribution in [0, 0.1) is 0 Å². The maximum absolute atomic E-state index is 10.8. The number of thiophene rings is 1. The van der Waals surface area contributed by atoms with E-state index < -0.39 is 0 Å². The highest BCUT2D eigenvalue weighted by Gasteiger charge is 2.01. The first-order chi connectivity index (χ1) is 7.24. The van der Waals surface area contributed by atoms with Gasteiger partial charge in [-0.1, -0.05) is 0 Å². The van der Waals surface area contributed by atoms with Crippen molar-refractivity contribution < 1.29 is 9.53 Å². The molecule has 0 saturated carbocycles. The Balaban J connectivity index is 2.07. The van der Waals surface area contributed by atoms with Crippen LogP contribution >= 0.6 is 27.3 Å². The molecular formula is C10H14BrNO2S. The molecule has 0 aromatic carbocycles. The van der Waals surface area contributed by atoms with Crippen LogP contribution < -0.4 is 5.32 Å². The SMILES string of the molecule is COC(=O)CCCNCc1sccc1Br. The van der Waals surface area contributed by atoms with Crippen molar-refractivity contribution in [1.29, 1.82) is 0 Å². The van der Waals surface area contributed by atoms with Gasteiger partial charge in [-0.05, 0) is 40.3 Å². The zero-order chi connectivity index (χ0) is 11.1. The van der Waals surface area contributed by atoms with Gasteiger partial charge in [0.05, 0.1) is 7.11 Å². The summed E-state index contributed by atoms with van der Waals surface area (Å²) >= 11 is 5.18. The second kappa shape index (κ2) is 6.98. The molecule has 1 aromatic rings. The molecule has 1 rings (SSSR count). The number of rotatable bonds is 6. The zero-order valence-corrected chi connectivity index (χ0v) is 11.0. The van der Waals surface area contributed by atoms with E-state index in [4.69, 9.17) is 0 Å². The van der Waals surface area contributed by atoms with Crippen LogP contribution in [0.2, 0.25) is 0 Å². The lowest BCUT2D eigenvalue weighted by atomic mass is 10.3. The topological polar surface area (TPSA) is 38.3 Å². The van der Waals surface area contributed by atoms with Crippen molar-refractivity contribution in [3.8, 4) is 0 Å². The minimum Gasteiger partial charge on any atom is -0.469 e. The fourth-order valence-electron chi connectivity index (χ4n) is 1.11. The summed E-state index contributed by atoms with van der Waals surface area (Å²) in [6.07, 6.45) is 1.30. The molecule has 5 heteroatoms. The maximum Gasteiger partial charge on any atom is 0.305 e. The molecule has 3 nitrogen and oxygen atoms in total. The Morgan fingerprint density at radius 2 is 2.47 bits per heavy atom. The van der Waals surface area contributed by atoms with Crippen LogP contribution in [0.15, 0.2) is 15.9 Å². The number of hydrogen-bond acceptors (Lipinski definition) is 4. The second-order valence-corrected chi connectivity index (χ2v) is 4.90. The van der Waals surface area contributed by atoms with Crippen molar-refractivity contribution in [2.75, 3.05) is 13.7 Å². The van der Waals surface area contributed by atoms with Gasteiger partial charge in [0.15, 0.2) is 0 Å². The van der Waals surface area contributed by atoms with Crippen molar-refractivity contribution >= 4 is 33.2 Å². The van der Waals surface area contributed by atoms with Gasteiger partial charge >= 0.3 is 5.97 Å². The summed E-state index contributed by atoms with van der Waals surface area (Å²) in [5, 5.41) is 5.33. The van der Waals surface area contributed by atoms with Gasteiger partial charge < -0.3 is 10.1 Å². The molecule has 1 heterocycles. The van der Waals surface area contributed by atoms with E-state index in [1.807, 2.05) is 6.07 Å². The molecule has 0 atom stereocenters. The molecule has 1 aromatic heterocycles. The van der Waals surface area contributed by atoms with E-state index in [-0.39, 0.29) is 5.97 Å². The number of esters is 1. The van der Waals surface area contributed by atoms with E-state index in [0.717, 1.165) is 24.0 Å².